The molecule has 1 amide bonds. The third-order valence-electron chi connectivity index (χ3n) is 3.78. The van der Waals surface area contributed by atoms with Crippen LogP contribution >= 0.6 is 15.9 Å². The van der Waals surface area contributed by atoms with Gasteiger partial charge in [-0.05, 0) is 60.8 Å². The van der Waals surface area contributed by atoms with Crippen molar-refractivity contribution in [2.24, 2.45) is 0 Å². The van der Waals surface area contributed by atoms with Gasteiger partial charge in [0, 0.05) is 22.3 Å². The quantitative estimate of drug-likeness (QED) is 0.872. The van der Waals surface area contributed by atoms with Gasteiger partial charge in [-0.3, -0.25) is 4.79 Å². The van der Waals surface area contributed by atoms with Crippen molar-refractivity contribution in [3.63, 3.8) is 0 Å². The lowest BCUT2D eigenvalue weighted by Crippen LogP contribution is -2.23. The molecule has 2 aromatic carbocycles. The highest BCUT2D eigenvalue weighted by atomic mass is 79.9. The Morgan fingerprint density at radius 3 is 2.86 bits per heavy atom. The van der Waals surface area contributed by atoms with Gasteiger partial charge in [0.1, 0.15) is 0 Å². The zero-order valence-electron chi connectivity index (χ0n) is 11.9. The largest absolute Gasteiger partial charge is 0.322 e. The number of hydrogen-bond acceptors (Lipinski definition) is 2. The van der Waals surface area contributed by atoms with Gasteiger partial charge in [0.25, 0.3) is 5.91 Å². The van der Waals surface area contributed by atoms with Gasteiger partial charge in [-0.25, -0.2) is 0 Å². The standard InChI is InChI=1S/C17H17BrN2O/c1-11-2-3-13(9-16(11)18)17(21)20-15-5-4-12-6-7-19-10-14(12)8-15/h2-5,8-9,19H,6-7,10H2,1H3,(H,20,21). The van der Waals surface area contributed by atoms with Crippen molar-refractivity contribution in [2.45, 2.75) is 19.9 Å². The van der Waals surface area contributed by atoms with Gasteiger partial charge in [0.05, 0.1) is 0 Å². The third-order valence-corrected chi connectivity index (χ3v) is 4.64. The number of aryl methyl sites for hydroxylation is 1. The highest BCUT2D eigenvalue weighted by Crippen LogP contribution is 2.21. The van der Waals surface area contributed by atoms with E-state index < -0.39 is 0 Å². The fourth-order valence-electron chi connectivity index (χ4n) is 2.50. The van der Waals surface area contributed by atoms with Crippen molar-refractivity contribution >= 4 is 27.5 Å². The summed E-state index contributed by atoms with van der Waals surface area (Å²) in [6.45, 7) is 3.90. The number of amides is 1. The van der Waals surface area contributed by atoms with Crippen LogP contribution in [-0.4, -0.2) is 12.5 Å². The number of hydrogen-bond donors (Lipinski definition) is 2. The molecule has 0 saturated carbocycles. The van der Waals surface area contributed by atoms with E-state index in [0.717, 1.165) is 35.2 Å². The second-order valence-corrected chi connectivity index (χ2v) is 6.18. The van der Waals surface area contributed by atoms with Crippen LogP contribution in [0, 0.1) is 6.92 Å². The first-order valence-corrected chi connectivity index (χ1v) is 7.83. The minimum Gasteiger partial charge on any atom is -0.322 e. The Bertz CT molecular complexity index is 697. The van der Waals surface area contributed by atoms with Gasteiger partial charge >= 0.3 is 0 Å². The normalized spacial score (nSPS) is 13.6. The number of anilines is 1. The molecular formula is C17H17BrN2O. The average Bonchev–Trinajstić information content (AvgIpc) is 2.50. The van der Waals surface area contributed by atoms with E-state index in [4.69, 9.17) is 0 Å². The summed E-state index contributed by atoms with van der Waals surface area (Å²) in [5, 5.41) is 6.32. The van der Waals surface area contributed by atoms with Crippen LogP contribution in [0.3, 0.4) is 0 Å². The molecule has 0 atom stereocenters. The molecule has 0 aromatic heterocycles. The van der Waals surface area contributed by atoms with Crippen LogP contribution < -0.4 is 10.6 Å². The third kappa shape index (κ3) is 3.17. The van der Waals surface area contributed by atoms with Crippen LogP contribution in [0.5, 0.6) is 0 Å². The second kappa shape index (κ2) is 6.00. The van der Waals surface area contributed by atoms with E-state index in [2.05, 4.69) is 38.7 Å². The fourth-order valence-corrected chi connectivity index (χ4v) is 2.87. The summed E-state index contributed by atoms with van der Waals surface area (Å²) in [5.41, 5.74) is 5.25. The molecule has 0 unspecified atom stereocenters. The summed E-state index contributed by atoms with van der Waals surface area (Å²) < 4.78 is 0.949. The Morgan fingerprint density at radius 2 is 2.05 bits per heavy atom. The van der Waals surface area contributed by atoms with Crippen LogP contribution in [0.1, 0.15) is 27.0 Å². The molecule has 1 aliphatic rings. The predicted octanol–water partition coefficient (Wildman–Crippen LogP) is 3.66. The molecule has 0 spiro atoms. The summed E-state index contributed by atoms with van der Waals surface area (Å²) in [7, 11) is 0. The molecule has 1 heterocycles. The zero-order valence-corrected chi connectivity index (χ0v) is 13.5. The van der Waals surface area contributed by atoms with Crippen molar-refractivity contribution < 1.29 is 4.79 Å². The van der Waals surface area contributed by atoms with Gasteiger partial charge < -0.3 is 10.6 Å². The van der Waals surface area contributed by atoms with Gasteiger partial charge in [-0.2, -0.15) is 0 Å². The zero-order chi connectivity index (χ0) is 14.8. The minimum atomic E-state index is -0.0839. The molecule has 2 N–H and O–H groups in total. The molecule has 0 fully saturated rings. The van der Waals surface area contributed by atoms with Gasteiger partial charge in [0.2, 0.25) is 0 Å². The highest BCUT2D eigenvalue weighted by molar-refractivity contribution is 9.10. The summed E-state index contributed by atoms with van der Waals surface area (Å²) in [6, 6.07) is 11.8. The van der Waals surface area contributed by atoms with Crippen molar-refractivity contribution in [2.75, 3.05) is 11.9 Å². The molecule has 3 nitrogen and oxygen atoms in total. The number of fused-ring (bicyclic) bond motifs is 1. The molecular weight excluding hydrogens is 328 g/mol. The van der Waals surface area contributed by atoms with Gasteiger partial charge in [-0.1, -0.05) is 28.1 Å². The van der Waals surface area contributed by atoms with Crippen molar-refractivity contribution in [3.8, 4) is 0 Å². The van der Waals surface area contributed by atoms with Crippen LogP contribution in [-0.2, 0) is 13.0 Å². The number of halogens is 1. The van der Waals surface area contributed by atoms with E-state index >= 15 is 0 Å². The molecule has 4 heteroatoms. The van der Waals surface area contributed by atoms with E-state index in [0.29, 0.717) is 5.56 Å². The molecule has 0 saturated heterocycles. The molecule has 21 heavy (non-hydrogen) atoms. The maximum absolute atomic E-state index is 12.3. The maximum Gasteiger partial charge on any atom is 0.255 e. The lowest BCUT2D eigenvalue weighted by molar-refractivity contribution is 0.102. The second-order valence-electron chi connectivity index (χ2n) is 5.33. The van der Waals surface area contributed by atoms with Crippen LogP contribution in [0.25, 0.3) is 0 Å². The lowest BCUT2D eigenvalue weighted by Gasteiger charge is -2.18. The number of carbonyl (C=O) groups excluding carboxylic acids is 1. The van der Waals surface area contributed by atoms with Crippen LogP contribution in [0.15, 0.2) is 40.9 Å². The van der Waals surface area contributed by atoms with E-state index in [1.807, 2.05) is 31.2 Å². The molecule has 3 rings (SSSR count). The molecule has 108 valence electrons. The minimum absolute atomic E-state index is 0.0839. The molecule has 1 aliphatic heterocycles. The first-order chi connectivity index (χ1) is 10.1. The molecule has 0 aliphatic carbocycles. The average molecular weight is 345 g/mol. The maximum atomic E-state index is 12.3. The molecule has 0 bridgehead atoms. The van der Waals surface area contributed by atoms with Crippen LogP contribution in [0.2, 0.25) is 0 Å². The number of benzene rings is 2. The highest BCUT2D eigenvalue weighted by Gasteiger charge is 2.11. The van der Waals surface area contributed by atoms with Gasteiger partial charge in [0.15, 0.2) is 0 Å². The summed E-state index contributed by atoms with van der Waals surface area (Å²) in [5.74, 6) is -0.0839. The first kappa shape index (κ1) is 14.3. The van der Waals surface area contributed by atoms with Gasteiger partial charge in [-0.15, -0.1) is 0 Å². The van der Waals surface area contributed by atoms with Crippen molar-refractivity contribution in [1.82, 2.24) is 5.32 Å². The number of rotatable bonds is 2. The Labute approximate surface area is 132 Å². The van der Waals surface area contributed by atoms with E-state index in [1.54, 1.807) is 0 Å². The topological polar surface area (TPSA) is 41.1 Å². The Morgan fingerprint density at radius 1 is 1.19 bits per heavy atom. The fraction of sp³-hybridized carbons (Fsp3) is 0.235. The first-order valence-electron chi connectivity index (χ1n) is 7.03. The summed E-state index contributed by atoms with van der Waals surface area (Å²) >= 11 is 3.46. The van der Waals surface area contributed by atoms with E-state index in [9.17, 15) is 4.79 Å². The SMILES string of the molecule is Cc1ccc(C(=O)Nc2ccc3c(c2)CNCC3)cc1Br. The van der Waals surface area contributed by atoms with E-state index in [1.165, 1.54) is 11.1 Å². The summed E-state index contributed by atoms with van der Waals surface area (Å²) in [6.07, 6.45) is 1.05. The Kier molecular flexibility index (Phi) is 4.08. The predicted molar refractivity (Wildman–Crippen MR) is 88.7 cm³/mol. The molecule has 0 radical (unpaired) electrons. The lowest BCUT2D eigenvalue weighted by atomic mass is 10.0. The van der Waals surface area contributed by atoms with Crippen LogP contribution in [0.4, 0.5) is 5.69 Å². The Hall–Kier alpha value is -1.65. The smallest absolute Gasteiger partial charge is 0.255 e. The van der Waals surface area contributed by atoms with Crippen molar-refractivity contribution in [3.05, 3.63) is 63.1 Å². The Balaban J connectivity index is 1.79. The van der Waals surface area contributed by atoms with Crippen molar-refractivity contribution in [1.29, 1.82) is 0 Å². The molecule has 2 aromatic rings. The number of carbonyl (C=O) groups is 1. The van der Waals surface area contributed by atoms with E-state index in [-0.39, 0.29) is 5.91 Å². The monoisotopic (exact) mass is 344 g/mol. The number of nitrogens with one attached hydrogen (secondary N) is 2. The summed E-state index contributed by atoms with van der Waals surface area (Å²) in [4.78, 5) is 12.3.